The Morgan fingerprint density at radius 3 is 2.20 bits per heavy atom. The first-order chi connectivity index (χ1) is 9.45. The maximum atomic E-state index is 13.8. The Kier molecular flexibility index (Phi) is 4.24. The Labute approximate surface area is 120 Å². The van der Waals surface area contributed by atoms with E-state index in [-0.39, 0.29) is 11.2 Å². The number of benzene rings is 2. The predicted octanol–water partition coefficient (Wildman–Crippen LogP) is 4.56. The zero-order valence-electron chi connectivity index (χ0n) is 12.4. The molecule has 2 aromatic rings. The number of nitrogens with two attached hydrogens (primary N) is 1. The normalized spacial score (nSPS) is 13.2. The summed E-state index contributed by atoms with van der Waals surface area (Å²) in [5, 5.41) is 0. The van der Waals surface area contributed by atoms with Gasteiger partial charge in [0.15, 0.2) is 0 Å². The Morgan fingerprint density at radius 2 is 1.65 bits per heavy atom. The third-order valence-electron chi connectivity index (χ3n) is 4.18. The van der Waals surface area contributed by atoms with Crippen molar-refractivity contribution in [2.24, 2.45) is 5.73 Å². The predicted molar refractivity (Wildman–Crippen MR) is 82.2 cm³/mol. The van der Waals surface area contributed by atoms with Crippen molar-refractivity contribution in [1.82, 2.24) is 0 Å². The third-order valence-corrected chi connectivity index (χ3v) is 4.18. The van der Waals surface area contributed by atoms with E-state index in [0.717, 1.165) is 12.0 Å². The van der Waals surface area contributed by atoms with E-state index in [1.807, 2.05) is 18.2 Å². The highest BCUT2D eigenvalue weighted by molar-refractivity contribution is 5.35. The lowest BCUT2D eigenvalue weighted by Crippen LogP contribution is -2.17. The van der Waals surface area contributed by atoms with E-state index < -0.39 is 6.04 Å². The second-order valence-electron chi connectivity index (χ2n) is 5.86. The molecule has 0 heterocycles. The summed E-state index contributed by atoms with van der Waals surface area (Å²) in [6.45, 7) is 6.62. The number of hydrogen-bond donors (Lipinski definition) is 1. The maximum Gasteiger partial charge on any atom is 0.128 e. The van der Waals surface area contributed by atoms with Crippen molar-refractivity contribution < 1.29 is 4.39 Å². The summed E-state index contributed by atoms with van der Waals surface area (Å²) in [6.07, 6.45) is 1.08. The quantitative estimate of drug-likeness (QED) is 0.866. The summed E-state index contributed by atoms with van der Waals surface area (Å²) in [6, 6.07) is 14.5. The van der Waals surface area contributed by atoms with Crippen molar-refractivity contribution in [2.45, 2.75) is 38.6 Å². The van der Waals surface area contributed by atoms with Crippen molar-refractivity contribution in [3.63, 3.8) is 0 Å². The van der Waals surface area contributed by atoms with Gasteiger partial charge in [0, 0.05) is 5.56 Å². The molecule has 0 saturated carbocycles. The van der Waals surface area contributed by atoms with Crippen LogP contribution >= 0.6 is 0 Å². The van der Waals surface area contributed by atoms with Crippen LogP contribution in [0, 0.1) is 5.82 Å². The Balaban J connectivity index is 2.29. The van der Waals surface area contributed by atoms with Crippen molar-refractivity contribution in [3.05, 3.63) is 71.0 Å². The Hall–Kier alpha value is -1.67. The Bertz CT molecular complexity index is 572. The van der Waals surface area contributed by atoms with E-state index >= 15 is 0 Å². The molecule has 1 atom stereocenters. The van der Waals surface area contributed by atoms with Gasteiger partial charge in [0.2, 0.25) is 0 Å². The smallest absolute Gasteiger partial charge is 0.128 e. The molecule has 2 rings (SSSR count). The van der Waals surface area contributed by atoms with Gasteiger partial charge in [0.05, 0.1) is 6.04 Å². The molecule has 2 aromatic carbocycles. The van der Waals surface area contributed by atoms with Crippen LogP contribution in [0.3, 0.4) is 0 Å². The minimum atomic E-state index is -0.421. The standard InChI is InChI=1S/C18H22FN/c1-4-18(2,3)14-11-9-13(10-12-14)17(20)15-7-5-6-8-16(15)19/h5-12,17H,4,20H2,1-3H3. The van der Waals surface area contributed by atoms with Gasteiger partial charge in [-0.2, -0.15) is 0 Å². The van der Waals surface area contributed by atoms with Gasteiger partial charge in [-0.15, -0.1) is 0 Å². The summed E-state index contributed by atoms with van der Waals surface area (Å²) < 4.78 is 13.8. The molecule has 0 spiro atoms. The van der Waals surface area contributed by atoms with Gasteiger partial charge >= 0.3 is 0 Å². The molecular formula is C18H22FN. The second kappa shape index (κ2) is 5.76. The first-order valence-corrected chi connectivity index (χ1v) is 7.06. The molecule has 0 aliphatic rings. The molecule has 0 saturated heterocycles. The maximum absolute atomic E-state index is 13.8. The van der Waals surface area contributed by atoms with E-state index in [4.69, 9.17) is 5.73 Å². The molecule has 20 heavy (non-hydrogen) atoms. The molecular weight excluding hydrogens is 249 g/mol. The van der Waals surface area contributed by atoms with Gasteiger partial charge < -0.3 is 5.73 Å². The van der Waals surface area contributed by atoms with Crippen LogP contribution < -0.4 is 5.73 Å². The molecule has 2 heteroatoms. The zero-order chi connectivity index (χ0) is 14.8. The fourth-order valence-corrected chi connectivity index (χ4v) is 2.25. The van der Waals surface area contributed by atoms with Gasteiger partial charge in [-0.1, -0.05) is 63.2 Å². The molecule has 2 N–H and O–H groups in total. The van der Waals surface area contributed by atoms with Gasteiger partial charge in [-0.3, -0.25) is 0 Å². The largest absolute Gasteiger partial charge is 0.320 e. The molecule has 0 amide bonds. The molecule has 0 aliphatic heterocycles. The second-order valence-corrected chi connectivity index (χ2v) is 5.86. The van der Waals surface area contributed by atoms with E-state index in [1.54, 1.807) is 12.1 Å². The summed E-state index contributed by atoms with van der Waals surface area (Å²) >= 11 is 0. The zero-order valence-corrected chi connectivity index (χ0v) is 12.4. The van der Waals surface area contributed by atoms with Gasteiger partial charge in [0.25, 0.3) is 0 Å². The SMILES string of the molecule is CCC(C)(C)c1ccc(C(N)c2ccccc2F)cc1. The molecule has 1 nitrogen and oxygen atoms in total. The van der Waals surface area contributed by atoms with Crippen molar-refractivity contribution >= 4 is 0 Å². The van der Waals surface area contributed by atoms with E-state index in [1.165, 1.54) is 11.6 Å². The lowest BCUT2D eigenvalue weighted by Gasteiger charge is -2.24. The van der Waals surface area contributed by atoms with Crippen LogP contribution in [0.15, 0.2) is 48.5 Å². The first-order valence-electron chi connectivity index (χ1n) is 7.06. The average Bonchev–Trinajstić information content (AvgIpc) is 2.47. The van der Waals surface area contributed by atoms with Crippen LogP contribution in [0.2, 0.25) is 0 Å². The summed E-state index contributed by atoms with van der Waals surface area (Å²) in [5.74, 6) is -0.252. The van der Waals surface area contributed by atoms with E-state index in [0.29, 0.717) is 5.56 Å². The molecule has 106 valence electrons. The highest BCUT2D eigenvalue weighted by Crippen LogP contribution is 2.29. The van der Waals surface area contributed by atoms with Crippen LogP contribution in [-0.4, -0.2) is 0 Å². The number of halogens is 1. The average molecular weight is 271 g/mol. The molecule has 0 radical (unpaired) electrons. The molecule has 0 bridgehead atoms. The highest BCUT2D eigenvalue weighted by Gasteiger charge is 2.19. The minimum Gasteiger partial charge on any atom is -0.320 e. The van der Waals surface area contributed by atoms with Crippen molar-refractivity contribution in [3.8, 4) is 0 Å². The van der Waals surface area contributed by atoms with E-state index in [9.17, 15) is 4.39 Å². The highest BCUT2D eigenvalue weighted by atomic mass is 19.1. The fraction of sp³-hybridized carbons (Fsp3) is 0.333. The van der Waals surface area contributed by atoms with Crippen LogP contribution in [-0.2, 0) is 5.41 Å². The lowest BCUT2D eigenvalue weighted by atomic mass is 9.81. The molecule has 0 aromatic heterocycles. The van der Waals surface area contributed by atoms with Crippen LogP contribution in [0.5, 0.6) is 0 Å². The number of hydrogen-bond acceptors (Lipinski definition) is 1. The summed E-state index contributed by atoms with van der Waals surface area (Å²) in [4.78, 5) is 0. The summed E-state index contributed by atoms with van der Waals surface area (Å²) in [7, 11) is 0. The minimum absolute atomic E-state index is 0.153. The van der Waals surface area contributed by atoms with Gasteiger partial charge in [0.1, 0.15) is 5.82 Å². The van der Waals surface area contributed by atoms with Crippen LogP contribution in [0.4, 0.5) is 4.39 Å². The fourth-order valence-electron chi connectivity index (χ4n) is 2.25. The Morgan fingerprint density at radius 1 is 1.05 bits per heavy atom. The molecule has 0 fully saturated rings. The van der Waals surface area contributed by atoms with Crippen molar-refractivity contribution in [1.29, 1.82) is 0 Å². The summed E-state index contributed by atoms with van der Waals surface area (Å²) in [5.41, 5.74) is 9.08. The van der Waals surface area contributed by atoms with Crippen LogP contribution in [0.25, 0.3) is 0 Å². The lowest BCUT2D eigenvalue weighted by molar-refractivity contribution is 0.506. The van der Waals surface area contributed by atoms with E-state index in [2.05, 4.69) is 32.9 Å². The van der Waals surface area contributed by atoms with Gasteiger partial charge in [-0.25, -0.2) is 4.39 Å². The molecule has 0 aliphatic carbocycles. The topological polar surface area (TPSA) is 26.0 Å². The van der Waals surface area contributed by atoms with Crippen LogP contribution in [0.1, 0.15) is 49.9 Å². The monoisotopic (exact) mass is 271 g/mol. The number of rotatable bonds is 4. The first kappa shape index (κ1) is 14.7. The van der Waals surface area contributed by atoms with Gasteiger partial charge in [-0.05, 0) is 29.0 Å². The third kappa shape index (κ3) is 2.91. The van der Waals surface area contributed by atoms with Crippen molar-refractivity contribution in [2.75, 3.05) is 0 Å². The molecule has 1 unspecified atom stereocenters.